The van der Waals surface area contributed by atoms with Crippen LogP contribution in [-0.2, 0) is 11.2 Å². The van der Waals surface area contributed by atoms with Gasteiger partial charge in [-0.1, -0.05) is 40.2 Å². The van der Waals surface area contributed by atoms with Gasteiger partial charge in [-0.2, -0.15) is 5.10 Å². The molecule has 0 radical (unpaired) electrons. The molecule has 4 nitrogen and oxygen atoms in total. The number of H-pyrrole nitrogens is 1. The molecule has 1 N–H and O–H groups in total. The lowest BCUT2D eigenvalue weighted by atomic mass is 10.1. The molecule has 3 aromatic rings. The highest BCUT2D eigenvalue weighted by Gasteiger charge is 2.45. The summed E-state index contributed by atoms with van der Waals surface area (Å²) >= 11 is 3.50. The minimum Gasteiger partial charge on any atom is -0.345 e. The first-order chi connectivity index (χ1) is 14.0. The van der Waals surface area contributed by atoms with Gasteiger partial charge >= 0.3 is 0 Å². The number of benzene rings is 2. The summed E-state index contributed by atoms with van der Waals surface area (Å²) in [6.45, 7) is 0.703. The van der Waals surface area contributed by atoms with Gasteiger partial charge in [-0.3, -0.25) is 9.89 Å². The summed E-state index contributed by atoms with van der Waals surface area (Å²) in [5.74, 6) is 0.387. The molecule has 2 aromatic carbocycles. The number of amides is 1. The molecular weight excluding hydrogens is 433 g/mol. The van der Waals surface area contributed by atoms with Crippen LogP contribution in [-0.4, -0.2) is 34.6 Å². The van der Waals surface area contributed by atoms with Gasteiger partial charge in [0.2, 0.25) is 5.91 Å². The van der Waals surface area contributed by atoms with Crippen LogP contribution in [0.5, 0.6) is 0 Å². The Kier molecular flexibility index (Phi) is 5.81. The summed E-state index contributed by atoms with van der Waals surface area (Å²) in [5, 5.41) is 7.29. The molecule has 1 heterocycles. The van der Waals surface area contributed by atoms with E-state index in [0.717, 1.165) is 40.7 Å². The van der Waals surface area contributed by atoms with Crippen molar-refractivity contribution >= 4 is 21.8 Å². The Labute approximate surface area is 178 Å². The van der Waals surface area contributed by atoms with Crippen molar-refractivity contribution in [3.05, 3.63) is 76.1 Å². The molecule has 1 aliphatic rings. The first-order valence-electron chi connectivity index (χ1n) is 9.82. The lowest BCUT2D eigenvalue weighted by Gasteiger charge is -2.17. The van der Waals surface area contributed by atoms with Crippen molar-refractivity contribution in [2.24, 2.45) is 5.92 Å². The summed E-state index contributed by atoms with van der Waals surface area (Å²) in [6, 6.07) is 16.6. The van der Waals surface area contributed by atoms with E-state index in [1.165, 1.54) is 17.7 Å². The number of hydrogen-bond acceptors (Lipinski definition) is 2. The number of nitrogens with zero attached hydrogens (tertiary/aromatic N) is 2. The average Bonchev–Trinajstić information content (AvgIpc) is 3.37. The van der Waals surface area contributed by atoms with Crippen molar-refractivity contribution in [3.8, 4) is 11.3 Å². The number of aromatic nitrogens is 2. The SMILES string of the molecule is CN(CCCc1cc(-c2cccc(F)c2)n[nH]1)C(=O)C1CC1c1cccc(Br)c1. The van der Waals surface area contributed by atoms with Gasteiger partial charge in [-0.15, -0.1) is 0 Å². The zero-order valence-corrected chi connectivity index (χ0v) is 17.8. The van der Waals surface area contributed by atoms with Gasteiger partial charge in [-0.05, 0) is 61.1 Å². The fourth-order valence-electron chi connectivity index (χ4n) is 3.76. The normalized spacial score (nSPS) is 17.9. The summed E-state index contributed by atoms with van der Waals surface area (Å²) < 4.78 is 14.4. The van der Waals surface area contributed by atoms with E-state index in [2.05, 4.69) is 38.3 Å². The third-order valence-electron chi connectivity index (χ3n) is 5.45. The zero-order chi connectivity index (χ0) is 20.4. The lowest BCUT2D eigenvalue weighted by molar-refractivity contribution is -0.131. The second-order valence-electron chi connectivity index (χ2n) is 7.66. The van der Waals surface area contributed by atoms with Crippen LogP contribution in [0.3, 0.4) is 0 Å². The third kappa shape index (κ3) is 4.75. The first kappa shape index (κ1) is 19.8. The van der Waals surface area contributed by atoms with Crippen LogP contribution >= 0.6 is 15.9 Å². The van der Waals surface area contributed by atoms with Crippen LogP contribution in [0.2, 0.25) is 0 Å². The van der Waals surface area contributed by atoms with Gasteiger partial charge in [0.1, 0.15) is 5.82 Å². The molecule has 6 heteroatoms. The van der Waals surface area contributed by atoms with Crippen LogP contribution in [0.4, 0.5) is 4.39 Å². The number of nitrogens with one attached hydrogen (secondary N) is 1. The smallest absolute Gasteiger partial charge is 0.226 e. The molecule has 0 spiro atoms. The summed E-state index contributed by atoms with van der Waals surface area (Å²) in [7, 11) is 1.88. The van der Waals surface area contributed by atoms with E-state index in [0.29, 0.717) is 12.5 Å². The minimum atomic E-state index is -0.270. The van der Waals surface area contributed by atoms with E-state index in [4.69, 9.17) is 0 Å². The summed E-state index contributed by atoms with van der Waals surface area (Å²) in [5.41, 5.74) is 3.71. The topological polar surface area (TPSA) is 49.0 Å². The van der Waals surface area contributed by atoms with Gasteiger partial charge in [-0.25, -0.2) is 4.39 Å². The van der Waals surface area contributed by atoms with E-state index in [-0.39, 0.29) is 17.6 Å². The highest BCUT2D eigenvalue weighted by atomic mass is 79.9. The molecule has 2 unspecified atom stereocenters. The number of aromatic amines is 1. The highest BCUT2D eigenvalue weighted by molar-refractivity contribution is 9.10. The Morgan fingerprint density at radius 1 is 1.24 bits per heavy atom. The molecule has 29 heavy (non-hydrogen) atoms. The van der Waals surface area contributed by atoms with Gasteiger partial charge in [0.05, 0.1) is 5.69 Å². The standard InChI is InChI=1S/C23H23BrFN3O/c1-28(23(29)21-14-20(21)15-5-2-7-17(24)11-15)10-4-9-19-13-22(27-26-19)16-6-3-8-18(25)12-16/h2-3,5-8,11-13,20-21H,4,9-10,14H2,1H3,(H,26,27). The molecule has 1 aliphatic carbocycles. The van der Waals surface area contributed by atoms with Crippen molar-refractivity contribution < 1.29 is 9.18 Å². The molecule has 0 aliphatic heterocycles. The molecule has 1 aromatic heterocycles. The number of carbonyl (C=O) groups is 1. The monoisotopic (exact) mass is 455 g/mol. The Morgan fingerprint density at radius 3 is 2.86 bits per heavy atom. The van der Waals surface area contributed by atoms with Crippen molar-refractivity contribution in [2.45, 2.75) is 25.2 Å². The molecular formula is C23H23BrFN3O. The quantitative estimate of drug-likeness (QED) is 0.533. The maximum absolute atomic E-state index is 13.4. The number of aryl methyl sites for hydroxylation is 1. The fraction of sp³-hybridized carbons (Fsp3) is 0.304. The van der Waals surface area contributed by atoms with E-state index in [1.807, 2.05) is 36.2 Å². The second-order valence-corrected chi connectivity index (χ2v) is 8.57. The largest absolute Gasteiger partial charge is 0.345 e. The van der Waals surface area contributed by atoms with Crippen LogP contribution in [0.15, 0.2) is 59.1 Å². The predicted octanol–water partition coefficient (Wildman–Crippen LogP) is 5.17. The van der Waals surface area contributed by atoms with E-state index >= 15 is 0 Å². The molecule has 1 amide bonds. The summed E-state index contributed by atoms with van der Waals surface area (Å²) in [6.07, 6.45) is 2.57. The second kappa shape index (κ2) is 8.49. The molecule has 150 valence electrons. The van der Waals surface area contributed by atoms with Crippen LogP contribution in [0.25, 0.3) is 11.3 Å². The number of halogens is 2. The van der Waals surface area contributed by atoms with E-state index in [1.54, 1.807) is 6.07 Å². The van der Waals surface area contributed by atoms with Crippen molar-refractivity contribution in [1.82, 2.24) is 15.1 Å². The molecule has 0 bridgehead atoms. The van der Waals surface area contributed by atoms with Crippen LogP contribution < -0.4 is 0 Å². The van der Waals surface area contributed by atoms with Gasteiger partial charge in [0.25, 0.3) is 0 Å². The number of hydrogen-bond donors (Lipinski definition) is 1. The third-order valence-corrected chi connectivity index (χ3v) is 5.94. The van der Waals surface area contributed by atoms with E-state index < -0.39 is 0 Å². The predicted molar refractivity (Wildman–Crippen MR) is 115 cm³/mol. The lowest BCUT2D eigenvalue weighted by Crippen LogP contribution is -2.29. The Bertz CT molecular complexity index is 1020. The molecule has 1 fully saturated rings. The maximum atomic E-state index is 13.4. The molecule has 1 saturated carbocycles. The highest BCUT2D eigenvalue weighted by Crippen LogP contribution is 2.48. The molecule has 2 atom stereocenters. The van der Waals surface area contributed by atoms with Crippen molar-refractivity contribution in [1.29, 1.82) is 0 Å². The first-order valence-corrected chi connectivity index (χ1v) is 10.6. The minimum absolute atomic E-state index is 0.0982. The maximum Gasteiger partial charge on any atom is 0.226 e. The number of rotatable bonds is 7. The molecule has 0 saturated heterocycles. The fourth-order valence-corrected chi connectivity index (χ4v) is 4.18. The van der Waals surface area contributed by atoms with Crippen LogP contribution in [0, 0.1) is 11.7 Å². The average molecular weight is 456 g/mol. The van der Waals surface area contributed by atoms with Crippen molar-refractivity contribution in [3.63, 3.8) is 0 Å². The Balaban J connectivity index is 1.26. The van der Waals surface area contributed by atoms with Gasteiger partial charge < -0.3 is 4.90 Å². The van der Waals surface area contributed by atoms with Gasteiger partial charge in [0.15, 0.2) is 0 Å². The Morgan fingerprint density at radius 2 is 2.07 bits per heavy atom. The zero-order valence-electron chi connectivity index (χ0n) is 16.2. The Hall–Kier alpha value is -2.47. The van der Waals surface area contributed by atoms with E-state index in [9.17, 15) is 9.18 Å². The number of carbonyl (C=O) groups excluding carboxylic acids is 1. The summed E-state index contributed by atoms with van der Waals surface area (Å²) in [4.78, 5) is 14.5. The van der Waals surface area contributed by atoms with Crippen molar-refractivity contribution in [2.75, 3.05) is 13.6 Å². The van der Waals surface area contributed by atoms with Gasteiger partial charge in [0, 0.05) is 35.2 Å². The van der Waals surface area contributed by atoms with Crippen LogP contribution in [0.1, 0.15) is 30.0 Å². The molecule has 4 rings (SSSR count).